The Hall–Kier alpha value is -1.20. The maximum absolute atomic E-state index is 10.6. The van der Waals surface area contributed by atoms with Gasteiger partial charge in [-0.1, -0.05) is 46.6 Å². The van der Waals surface area contributed by atoms with E-state index in [0.29, 0.717) is 6.42 Å². The third-order valence-corrected chi connectivity index (χ3v) is 6.54. The molecule has 0 saturated carbocycles. The zero-order valence-electron chi connectivity index (χ0n) is 23.3. The minimum absolute atomic E-state index is 0.232. The van der Waals surface area contributed by atoms with Gasteiger partial charge in [-0.3, -0.25) is 0 Å². The van der Waals surface area contributed by atoms with Gasteiger partial charge in [0.1, 0.15) is 0 Å². The quantitative estimate of drug-likeness (QED) is 0.135. The Kier molecular flexibility index (Phi) is 15.9. The smallest absolute Gasteiger partial charge is 0.0878 e. The average molecular weight is 479 g/mol. The minimum Gasteiger partial charge on any atom is -0.390 e. The normalized spacial score (nSPS) is 17.4. The molecule has 0 unspecified atom stereocenters. The van der Waals surface area contributed by atoms with Gasteiger partial charge in [-0.05, 0) is 120 Å². The number of aliphatic hydroxyl groups excluding tert-OH is 2. The van der Waals surface area contributed by atoms with E-state index < -0.39 is 23.4 Å². The SMILES string of the molecule is CC(C)=CCC/C(C)=C/CC/C(C)=C/CC/C=C(\C)CC[C@H](O)[C@@](C)(O)CC[C@H](O)C(C)(C)O. The highest BCUT2D eigenvalue weighted by Gasteiger charge is 2.33. The third-order valence-electron chi connectivity index (χ3n) is 6.54. The van der Waals surface area contributed by atoms with E-state index in [9.17, 15) is 20.4 Å². The second kappa shape index (κ2) is 16.5. The van der Waals surface area contributed by atoms with Crippen molar-refractivity contribution in [3.05, 3.63) is 46.6 Å². The van der Waals surface area contributed by atoms with Crippen LogP contribution >= 0.6 is 0 Å². The van der Waals surface area contributed by atoms with Crippen LogP contribution in [0.2, 0.25) is 0 Å². The van der Waals surface area contributed by atoms with Gasteiger partial charge in [-0.15, -0.1) is 0 Å². The maximum atomic E-state index is 10.6. The lowest BCUT2D eigenvalue weighted by molar-refractivity contribution is -0.0946. The molecule has 0 radical (unpaired) electrons. The zero-order chi connectivity index (χ0) is 26.4. The van der Waals surface area contributed by atoms with E-state index >= 15 is 0 Å². The summed E-state index contributed by atoms with van der Waals surface area (Å²) in [6.07, 6.45) is 15.5. The highest BCUT2D eigenvalue weighted by molar-refractivity contribution is 5.06. The summed E-state index contributed by atoms with van der Waals surface area (Å²) in [5.74, 6) is 0. The van der Waals surface area contributed by atoms with E-state index in [1.165, 1.54) is 22.3 Å². The average Bonchev–Trinajstić information content (AvgIpc) is 2.72. The monoisotopic (exact) mass is 478 g/mol. The molecule has 0 saturated heterocycles. The minimum atomic E-state index is -1.29. The van der Waals surface area contributed by atoms with Crippen LogP contribution in [-0.4, -0.2) is 43.8 Å². The van der Waals surface area contributed by atoms with Gasteiger partial charge in [0.05, 0.1) is 23.4 Å². The van der Waals surface area contributed by atoms with Crippen molar-refractivity contribution in [3.8, 4) is 0 Å². The first-order valence-electron chi connectivity index (χ1n) is 13.1. The van der Waals surface area contributed by atoms with Gasteiger partial charge >= 0.3 is 0 Å². The van der Waals surface area contributed by atoms with Crippen molar-refractivity contribution in [2.45, 2.75) is 143 Å². The van der Waals surface area contributed by atoms with Crippen LogP contribution in [0.15, 0.2) is 46.6 Å². The van der Waals surface area contributed by atoms with Gasteiger partial charge in [-0.2, -0.15) is 0 Å². The first-order chi connectivity index (χ1) is 15.6. The number of unbranched alkanes of at least 4 members (excludes halogenated alkanes) is 1. The number of aliphatic hydroxyl groups is 4. The Labute approximate surface area is 210 Å². The van der Waals surface area contributed by atoms with Crippen molar-refractivity contribution < 1.29 is 20.4 Å². The van der Waals surface area contributed by atoms with E-state index in [1.54, 1.807) is 20.8 Å². The topological polar surface area (TPSA) is 80.9 Å². The van der Waals surface area contributed by atoms with Gasteiger partial charge in [0.15, 0.2) is 0 Å². The van der Waals surface area contributed by atoms with Crippen LogP contribution in [0, 0.1) is 0 Å². The first kappa shape index (κ1) is 32.8. The molecule has 0 aromatic rings. The van der Waals surface area contributed by atoms with Gasteiger partial charge < -0.3 is 20.4 Å². The fourth-order valence-electron chi connectivity index (χ4n) is 3.72. The summed E-state index contributed by atoms with van der Waals surface area (Å²) in [5, 5.41) is 40.8. The van der Waals surface area contributed by atoms with Crippen LogP contribution in [0.3, 0.4) is 0 Å². The van der Waals surface area contributed by atoms with E-state index in [-0.39, 0.29) is 12.8 Å². The molecule has 4 N–H and O–H groups in total. The van der Waals surface area contributed by atoms with Crippen LogP contribution in [0.25, 0.3) is 0 Å². The fraction of sp³-hybridized carbons (Fsp3) is 0.733. The third kappa shape index (κ3) is 16.4. The Morgan fingerprint density at radius 1 is 0.618 bits per heavy atom. The summed E-state index contributed by atoms with van der Waals surface area (Å²) in [7, 11) is 0. The van der Waals surface area contributed by atoms with Crippen molar-refractivity contribution in [2.24, 2.45) is 0 Å². The van der Waals surface area contributed by atoms with Crippen LogP contribution in [0.5, 0.6) is 0 Å². The highest BCUT2D eigenvalue weighted by atomic mass is 16.3. The van der Waals surface area contributed by atoms with Gasteiger partial charge in [-0.25, -0.2) is 0 Å². The number of rotatable bonds is 17. The number of allylic oxidation sites excluding steroid dienone is 8. The van der Waals surface area contributed by atoms with E-state index in [1.807, 2.05) is 0 Å². The van der Waals surface area contributed by atoms with Crippen LogP contribution < -0.4 is 0 Å². The van der Waals surface area contributed by atoms with Crippen LogP contribution in [0.4, 0.5) is 0 Å². The van der Waals surface area contributed by atoms with Crippen LogP contribution in [-0.2, 0) is 0 Å². The Bertz CT molecular complexity index is 685. The van der Waals surface area contributed by atoms with Gasteiger partial charge in [0.25, 0.3) is 0 Å². The Morgan fingerprint density at radius 2 is 1.06 bits per heavy atom. The Morgan fingerprint density at radius 3 is 1.53 bits per heavy atom. The molecular weight excluding hydrogens is 424 g/mol. The molecule has 198 valence electrons. The molecule has 0 spiro atoms. The van der Waals surface area contributed by atoms with Crippen LogP contribution in [0.1, 0.15) is 120 Å². The lowest BCUT2D eigenvalue weighted by Crippen LogP contribution is -2.42. The molecule has 0 aliphatic heterocycles. The van der Waals surface area contributed by atoms with Crippen molar-refractivity contribution in [2.75, 3.05) is 0 Å². The molecule has 4 nitrogen and oxygen atoms in total. The molecule has 0 aliphatic rings. The molecule has 0 bridgehead atoms. The summed E-state index contributed by atoms with van der Waals surface area (Å²) in [6.45, 7) is 15.5. The van der Waals surface area contributed by atoms with Crippen molar-refractivity contribution in [3.63, 3.8) is 0 Å². The lowest BCUT2D eigenvalue weighted by Gasteiger charge is -2.32. The molecule has 4 heteroatoms. The lowest BCUT2D eigenvalue weighted by atomic mass is 9.86. The van der Waals surface area contributed by atoms with Crippen molar-refractivity contribution in [1.29, 1.82) is 0 Å². The summed E-state index contributed by atoms with van der Waals surface area (Å²) in [6, 6.07) is 0. The van der Waals surface area contributed by atoms with Gasteiger partial charge in [0, 0.05) is 0 Å². The summed E-state index contributed by atoms with van der Waals surface area (Å²) >= 11 is 0. The summed E-state index contributed by atoms with van der Waals surface area (Å²) < 4.78 is 0. The molecule has 34 heavy (non-hydrogen) atoms. The number of hydrogen-bond acceptors (Lipinski definition) is 4. The predicted molar refractivity (Wildman–Crippen MR) is 146 cm³/mol. The van der Waals surface area contributed by atoms with Crippen molar-refractivity contribution >= 4 is 0 Å². The molecule has 0 amide bonds. The van der Waals surface area contributed by atoms with Gasteiger partial charge in [0.2, 0.25) is 0 Å². The maximum Gasteiger partial charge on any atom is 0.0878 e. The molecule has 0 heterocycles. The largest absolute Gasteiger partial charge is 0.390 e. The molecule has 0 fully saturated rings. The second-order valence-electron chi connectivity index (χ2n) is 11.2. The summed E-state index contributed by atoms with van der Waals surface area (Å²) in [5.41, 5.74) is 3.00. The molecule has 3 atom stereocenters. The fourth-order valence-corrected chi connectivity index (χ4v) is 3.72. The molecule has 0 aromatic heterocycles. The second-order valence-corrected chi connectivity index (χ2v) is 11.2. The molecule has 0 aliphatic carbocycles. The molecule has 0 rings (SSSR count). The van der Waals surface area contributed by atoms with E-state index in [2.05, 4.69) is 58.9 Å². The van der Waals surface area contributed by atoms with Crippen molar-refractivity contribution in [1.82, 2.24) is 0 Å². The standard InChI is InChI=1S/C30H54O4/c1-23(2)13-11-16-25(4)18-12-17-24(3)14-9-10-15-26(5)19-20-28(32)30(8,34)22-21-27(31)29(6,7)33/h13-15,18,27-28,31-34H,9-12,16-17,19-22H2,1-8H3/b24-14+,25-18+,26-15+/t27-,28-,30-/m0/s1. The highest BCUT2D eigenvalue weighted by Crippen LogP contribution is 2.25. The zero-order valence-corrected chi connectivity index (χ0v) is 23.3. The predicted octanol–water partition coefficient (Wildman–Crippen LogP) is 6.94. The number of hydrogen-bond donors (Lipinski definition) is 4. The molecule has 0 aromatic carbocycles. The summed E-state index contributed by atoms with van der Waals surface area (Å²) in [4.78, 5) is 0. The van der Waals surface area contributed by atoms with E-state index in [4.69, 9.17) is 0 Å². The van der Waals surface area contributed by atoms with E-state index in [0.717, 1.165) is 44.9 Å². The first-order valence-corrected chi connectivity index (χ1v) is 13.1. The Balaban J connectivity index is 4.29. The molecular formula is C30H54O4.